The van der Waals surface area contributed by atoms with Crippen molar-refractivity contribution in [2.45, 2.75) is 18.9 Å². The molecule has 0 aromatic rings. The van der Waals surface area contributed by atoms with Gasteiger partial charge in [0.1, 0.15) is 0 Å². The van der Waals surface area contributed by atoms with E-state index in [1.54, 1.807) is 0 Å². The third-order valence-corrected chi connectivity index (χ3v) is 2.80. The van der Waals surface area contributed by atoms with Crippen LogP contribution in [0.25, 0.3) is 0 Å². The number of hydrogen-bond donors (Lipinski definition) is 2. The maximum atomic E-state index is 9.36. The number of piperidine rings is 3. The second-order valence-corrected chi connectivity index (χ2v) is 3.75. The Morgan fingerprint density at radius 1 is 1.43 bits per heavy atom. The third-order valence-electron chi connectivity index (χ3n) is 2.80. The molecule has 3 fully saturated rings. The first-order valence-electron chi connectivity index (χ1n) is 4.89. The highest BCUT2D eigenvalue weighted by atomic mass is 16.4. The van der Waals surface area contributed by atoms with Crippen LogP contribution < -0.4 is 0 Å². The molecule has 0 amide bonds. The number of aliphatic carboxylic acids is 1. The summed E-state index contributed by atoms with van der Waals surface area (Å²) in [7, 11) is 0. The van der Waals surface area contributed by atoms with Crippen molar-refractivity contribution in [2.75, 3.05) is 19.6 Å². The molecule has 0 radical (unpaired) electrons. The second-order valence-electron chi connectivity index (χ2n) is 3.75. The highest BCUT2D eigenvalue weighted by Gasteiger charge is 2.32. The van der Waals surface area contributed by atoms with E-state index in [-0.39, 0.29) is 6.10 Å². The van der Waals surface area contributed by atoms with Gasteiger partial charge in [-0.05, 0) is 31.8 Å². The van der Waals surface area contributed by atoms with E-state index in [1.807, 2.05) is 0 Å². The molecule has 0 spiro atoms. The summed E-state index contributed by atoms with van der Waals surface area (Å²) in [6.07, 6.45) is 3.27. The fourth-order valence-electron chi connectivity index (χ4n) is 1.93. The lowest BCUT2D eigenvalue weighted by molar-refractivity contribution is -0.131. The first-order chi connectivity index (χ1) is 6.63. The van der Waals surface area contributed by atoms with Crippen LogP contribution in [0.1, 0.15) is 12.8 Å². The molecule has 0 aromatic heterocycles. The van der Waals surface area contributed by atoms with Crippen molar-refractivity contribution in [2.24, 2.45) is 5.92 Å². The molecule has 3 aliphatic rings. The maximum Gasteiger partial charge on any atom is 0.327 e. The zero-order valence-corrected chi connectivity index (χ0v) is 8.22. The van der Waals surface area contributed by atoms with E-state index in [4.69, 9.17) is 5.11 Å². The summed E-state index contributed by atoms with van der Waals surface area (Å²) < 4.78 is 0. The van der Waals surface area contributed by atoms with E-state index in [0.29, 0.717) is 5.92 Å². The number of nitrogens with zero attached hydrogens (tertiary/aromatic N) is 1. The fourth-order valence-corrected chi connectivity index (χ4v) is 1.93. The SMILES string of the molecule is C=CC(=O)O.OC1CN2CCC1CC2. The van der Waals surface area contributed by atoms with Crippen LogP contribution in [0.3, 0.4) is 0 Å². The van der Waals surface area contributed by atoms with Gasteiger partial charge in [-0.15, -0.1) is 0 Å². The number of hydrogen-bond acceptors (Lipinski definition) is 3. The van der Waals surface area contributed by atoms with Crippen LogP contribution in [0.2, 0.25) is 0 Å². The zero-order chi connectivity index (χ0) is 10.6. The lowest BCUT2D eigenvalue weighted by Crippen LogP contribution is -2.50. The van der Waals surface area contributed by atoms with Gasteiger partial charge in [0.05, 0.1) is 6.10 Å². The minimum absolute atomic E-state index is 0.00694. The summed E-state index contributed by atoms with van der Waals surface area (Å²) in [5.74, 6) is -0.347. The van der Waals surface area contributed by atoms with Crippen LogP contribution in [0.15, 0.2) is 12.7 Å². The van der Waals surface area contributed by atoms with Crippen molar-refractivity contribution in [3.05, 3.63) is 12.7 Å². The minimum Gasteiger partial charge on any atom is -0.478 e. The Kier molecular flexibility index (Phi) is 4.10. The molecule has 4 nitrogen and oxygen atoms in total. The number of carboxylic acids is 1. The number of rotatable bonds is 1. The van der Waals surface area contributed by atoms with Crippen molar-refractivity contribution in [3.63, 3.8) is 0 Å². The lowest BCUT2D eigenvalue weighted by Gasteiger charge is -2.42. The van der Waals surface area contributed by atoms with E-state index in [2.05, 4.69) is 11.5 Å². The molecule has 3 heterocycles. The Balaban J connectivity index is 0.000000171. The lowest BCUT2D eigenvalue weighted by atomic mass is 9.86. The highest BCUT2D eigenvalue weighted by Crippen LogP contribution is 2.26. The Morgan fingerprint density at radius 3 is 2.07 bits per heavy atom. The molecule has 0 aliphatic carbocycles. The molecular formula is C10H17NO3. The van der Waals surface area contributed by atoms with Gasteiger partial charge in [-0.1, -0.05) is 6.58 Å². The summed E-state index contributed by atoms with van der Waals surface area (Å²) in [4.78, 5) is 11.6. The molecule has 3 saturated heterocycles. The number of aliphatic hydroxyl groups excluding tert-OH is 1. The summed E-state index contributed by atoms with van der Waals surface area (Å²) in [6, 6.07) is 0. The van der Waals surface area contributed by atoms with Gasteiger partial charge in [-0.2, -0.15) is 0 Å². The summed E-state index contributed by atoms with van der Waals surface area (Å²) in [5.41, 5.74) is 0. The monoisotopic (exact) mass is 199 g/mol. The van der Waals surface area contributed by atoms with Crippen molar-refractivity contribution in [1.29, 1.82) is 0 Å². The molecule has 3 rings (SSSR count). The quantitative estimate of drug-likeness (QED) is 0.597. The van der Waals surface area contributed by atoms with E-state index in [0.717, 1.165) is 12.6 Å². The number of aliphatic hydroxyl groups is 1. The molecular weight excluding hydrogens is 182 g/mol. The molecule has 2 bridgehead atoms. The van der Waals surface area contributed by atoms with E-state index < -0.39 is 5.97 Å². The largest absolute Gasteiger partial charge is 0.478 e. The van der Waals surface area contributed by atoms with Crippen molar-refractivity contribution in [3.8, 4) is 0 Å². The van der Waals surface area contributed by atoms with Gasteiger partial charge in [0, 0.05) is 12.6 Å². The summed E-state index contributed by atoms with van der Waals surface area (Å²) in [5, 5.41) is 17.0. The standard InChI is InChI=1S/C7H13NO.C3H4O2/c9-7-5-8-3-1-6(7)2-4-8;1-2-3(4)5/h6-7,9H,1-5H2;2H,1H2,(H,4,5). The Morgan fingerprint density at radius 2 is 1.93 bits per heavy atom. The normalized spacial score (nSPS) is 34.2. The Labute approximate surface area is 83.8 Å². The van der Waals surface area contributed by atoms with Crippen LogP contribution in [0.5, 0.6) is 0 Å². The van der Waals surface area contributed by atoms with Crippen molar-refractivity contribution >= 4 is 5.97 Å². The molecule has 1 unspecified atom stereocenters. The van der Waals surface area contributed by atoms with Crippen molar-refractivity contribution < 1.29 is 15.0 Å². The van der Waals surface area contributed by atoms with Gasteiger partial charge < -0.3 is 15.1 Å². The molecule has 3 aliphatic heterocycles. The van der Waals surface area contributed by atoms with Crippen LogP contribution in [-0.2, 0) is 4.79 Å². The Hall–Kier alpha value is -0.870. The first kappa shape index (κ1) is 11.2. The second kappa shape index (κ2) is 5.12. The van der Waals surface area contributed by atoms with Crippen LogP contribution >= 0.6 is 0 Å². The number of fused-ring (bicyclic) bond motifs is 3. The number of carboxylic acid groups (broad SMARTS) is 1. The zero-order valence-electron chi connectivity index (χ0n) is 8.22. The average Bonchev–Trinajstić information content (AvgIpc) is 2.20. The predicted octanol–water partition coefficient (Wildman–Crippen LogP) is 0.330. The van der Waals surface area contributed by atoms with Gasteiger partial charge in [0.25, 0.3) is 0 Å². The third kappa shape index (κ3) is 3.12. The van der Waals surface area contributed by atoms with Crippen LogP contribution in [0, 0.1) is 5.92 Å². The average molecular weight is 199 g/mol. The molecule has 2 N–H and O–H groups in total. The molecule has 0 saturated carbocycles. The molecule has 1 atom stereocenters. The van der Waals surface area contributed by atoms with Crippen LogP contribution in [-0.4, -0.2) is 46.8 Å². The summed E-state index contributed by atoms with van der Waals surface area (Å²) >= 11 is 0. The molecule has 0 aromatic carbocycles. The van der Waals surface area contributed by atoms with E-state index >= 15 is 0 Å². The minimum atomic E-state index is -0.981. The van der Waals surface area contributed by atoms with Crippen LogP contribution in [0.4, 0.5) is 0 Å². The summed E-state index contributed by atoms with van der Waals surface area (Å²) in [6.45, 7) is 6.34. The van der Waals surface area contributed by atoms with Gasteiger partial charge in [0.2, 0.25) is 0 Å². The molecule has 4 heteroatoms. The maximum absolute atomic E-state index is 9.36. The predicted molar refractivity (Wildman–Crippen MR) is 53.0 cm³/mol. The molecule has 14 heavy (non-hydrogen) atoms. The topological polar surface area (TPSA) is 60.8 Å². The van der Waals surface area contributed by atoms with Gasteiger partial charge >= 0.3 is 5.97 Å². The molecule has 80 valence electrons. The Bertz CT molecular complexity index is 209. The van der Waals surface area contributed by atoms with E-state index in [9.17, 15) is 9.90 Å². The number of carbonyl (C=O) groups is 1. The highest BCUT2D eigenvalue weighted by molar-refractivity contribution is 5.78. The van der Waals surface area contributed by atoms with Crippen molar-refractivity contribution in [1.82, 2.24) is 4.90 Å². The first-order valence-corrected chi connectivity index (χ1v) is 4.89. The smallest absolute Gasteiger partial charge is 0.327 e. The fraction of sp³-hybridized carbons (Fsp3) is 0.700. The van der Waals surface area contributed by atoms with Gasteiger partial charge in [-0.25, -0.2) is 4.79 Å². The van der Waals surface area contributed by atoms with Gasteiger partial charge in [-0.3, -0.25) is 0 Å². The van der Waals surface area contributed by atoms with E-state index in [1.165, 1.54) is 25.9 Å². The van der Waals surface area contributed by atoms with Gasteiger partial charge in [0.15, 0.2) is 0 Å².